The van der Waals surface area contributed by atoms with Gasteiger partial charge in [-0.2, -0.15) is 5.10 Å². The number of aryl methyl sites for hydroxylation is 1. The Bertz CT molecular complexity index is 1200. The molecule has 0 radical (unpaired) electrons. The molecule has 0 saturated heterocycles. The highest BCUT2D eigenvalue weighted by molar-refractivity contribution is 14.1. The monoisotopic (exact) mass is 551 g/mol. The lowest BCUT2D eigenvalue weighted by atomic mass is 10.2. The molecule has 31 heavy (non-hydrogen) atoms. The summed E-state index contributed by atoms with van der Waals surface area (Å²) in [5.74, 6) is -0.834. The summed E-state index contributed by atoms with van der Waals surface area (Å²) < 4.78 is 8.04. The maximum atomic E-state index is 12.4. The van der Waals surface area contributed by atoms with E-state index >= 15 is 0 Å². The Balaban J connectivity index is 1.83. The third-order valence-corrected chi connectivity index (χ3v) is 5.91. The van der Waals surface area contributed by atoms with Crippen molar-refractivity contribution >= 4 is 52.3 Å². The lowest BCUT2D eigenvalue weighted by Gasteiger charge is -2.11. The number of rotatable bonds is 6. The van der Waals surface area contributed by atoms with Gasteiger partial charge in [0.15, 0.2) is 0 Å². The number of nitrogens with zero attached hydrogens (tertiary/aromatic N) is 2. The number of hydrazone groups is 1. The van der Waals surface area contributed by atoms with Gasteiger partial charge >= 0.3 is 5.97 Å². The second kappa shape index (κ2) is 9.52. The molecule has 0 spiro atoms. The molecule has 0 unspecified atom stereocenters. The molecule has 3 aromatic rings. The number of carbonyl (C=O) groups excluding carboxylic acids is 1. The van der Waals surface area contributed by atoms with E-state index < -0.39 is 5.97 Å². The van der Waals surface area contributed by atoms with Crippen molar-refractivity contribution < 1.29 is 19.4 Å². The van der Waals surface area contributed by atoms with Crippen LogP contribution in [0.5, 0.6) is 5.75 Å². The van der Waals surface area contributed by atoms with Gasteiger partial charge in [0.2, 0.25) is 0 Å². The molecule has 0 aliphatic heterocycles. The summed E-state index contributed by atoms with van der Waals surface area (Å²) in [6, 6.07) is 11.9. The number of benzene rings is 2. The van der Waals surface area contributed by atoms with Crippen molar-refractivity contribution in [3.63, 3.8) is 0 Å². The Hall–Kier alpha value is -2.85. The van der Waals surface area contributed by atoms with E-state index in [1.54, 1.807) is 43.7 Å². The van der Waals surface area contributed by atoms with E-state index in [0.717, 1.165) is 20.5 Å². The van der Waals surface area contributed by atoms with E-state index in [9.17, 15) is 14.7 Å². The van der Waals surface area contributed by atoms with Gasteiger partial charge in [0.05, 0.1) is 27.5 Å². The third-order valence-electron chi connectivity index (χ3n) is 4.69. The van der Waals surface area contributed by atoms with Gasteiger partial charge in [-0.1, -0.05) is 11.6 Å². The van der Waals surface area contributed by atoms with Gasteiger partial charge < -0.3 is 14.4 Å². The molecule has 160 valence electrons. The van der Waals surface area contributed by atoms with Crippen LogP contribution in [-0.4, -0.2) is 34.9 Å². The molecule has 1 amide bonds. The predicted molar refractivity (Wildman–Crippen MR) is 128 cm³/mol. The molecule has 0 saturated carbocycles. The predicted octanol–water partition coefficient (Wildman–Crippen LogP) is 4.82. The molecule has 7 nitrogen and oxygen atoms in total. The Kier molecular flexibility index (Phi) is 7.01. The zero-order chi connectivity index (χ0) is 22.7. The molecule has 0 bridgehead atoms. The number of aromatic carboxylic acids is 1. The number of carbonyl (C=O) groups is 2. The normalized spacial score (nSPS) is 11.0. The lowest BCUT2D eigenvalue weighted by molar-refractivity contribution is 0.0696. The van der Waals surface area contributed by atoms with Crippen molar-refractivity contribution in [3.05, 3.63) is 79.1 Å². The zero-order valence-electron chi connectivity index (χ0n) is 16.9. The van der Waals surface area contributed by atoms with E-state index in [-0.39, 0.29) is 16.5 Å². The number of ether oxygens (including phenoxy) is 1. The fourth-order valence-electron chi connectivity index (χ4n) is 3.16. The smallest absolute Gasteiger partial charge is 0.337 e. The number of nitrogens with one attached hydrogen (secondary N) is 1. The van der Waals surface area contributed by atoms with E-state index in [4.69, 9.17) is 16.3 Å². The maximum absolute atomic E-state index is 12.4. The summed E-state index contributed by atoms with van der Waals surface area (Å²) >= 11 is 8.11. The number of hydrogen-bond donors (Lipinski definition) is 2. The molecule has 0 aliphatic carbocycles. The minimum atomic E-state index is -1.09. The molecule has 9 heteroatoms. The van der Waals surface area contributed by atoms with Crippen molar-refractivity contribution in [2.24, 2.45) is 5.10 Å². The second-order valence-electron chi connectivity index (χ2n) is 6.68. The molecule has 2 aromatic carbocycles. The van der Waals surface area contributed by atoms with Gasteiger partial charge in [-0.15, -0.1) is 0 Å². The molecule has 3 rings (SSSR count). The van der Waals surface area contributed by atoms with Crippen molar-refractivity contribution in [2.45, 2.75) is 13.8 Å². The van der Waals surface area contributed by atoms with E-state index in [1.165, 1.54) is 6.07 Å². The SMILES string of the molecule is COc1cc(C(=O)N/N=C/c2cc(C)n(-c3ccc(Cl)c(C(=O)O)c3)c2C)ccc1I. The number of halogens is 2. The lowest BCUT2D eigenvalue weighted by Crippen LogP contribution is -2.17. The summed E-state index contributed by atoms with van der Waals surface area (Å²) in [6.45, 7) is 3.78. The van der Waals surface area contributed by atoms with Gasteiger partial charge in [-0.25, -0.2) is 10.2 Å². The highest BCUT2D eigenvalue weighted by Crippen LogP contribution is 2.25. The number of carboxylic acids is 1. The molecule has 0 aliphatic rings. The third kappa shape index (κ3) is 4.91. The minimum absolute atomic E-state index is 0.0297. The Morgan fingerprint density at radius 2 is 1.94 bits per heavy atom. The second-order valence-corrected chi connectivity index (χ2v) is 8.25. The first-order valence-electron chi connectivity index (χ1n) is 9.12. The van der Waals surface area contributed by atoms with Gasteiger partial charge in [0, 0.05) is 28.2 Å². The van der Waals surface area contributed by atoms with Crippen LogP contribution in [-0.2, 0) is 0 Å². The summed E-state index contributed by atoms with van der Waals surface area (Å²) in [4.78, 5) is 23.8. The van der Waals surface area contributed by atoms with Crippen LogP contribution >= 0.6 is 34.2 Å². The van der Waals surface area contributed by atoms with E-state index in [1.807, 2.05) is 24.5 Å². The van der Waals surface area contributed by atoms with Crippen LogP contribution in [0.15, 0.2) is 47.6 Å². The maximum Gasteiger partial charge on any atom is 0.337 e. The van der Waals surface area contributed by atoms with Gasteiger partial charge in [0.1, 0.15) is 5.75 Å². The van der Waals surface area contributed by atoms with Crippen LogP contribution in [0.2, 0.25) is 5.02 Å². The van der Waals surface area contributed by atoms with Crippen molar-refractivity contribution in [2.75, 3.05) is 7.11 Å². The van der Waals surface area contributed by atoms with Crippen LogP contribution in [0, 0.1) is 17.4 Å². The van der Waals surface area contributed by atoms with Crippen LogP contribution < -0.4 is 10.2 Å². The molecule has 1 aromatic heterocycles. The van der Waals surface area contributed by atoms with Crippen molar-refractivity contribution in [1.82, 2.24) is 9.99 Å². The topological polar surface area (TPSA) is 92.9 Å². The number of aromatic nitrogens is 1. The fraction of sp³-hybridized carbons (Fsp3) is 0.136. The van der Waals surface area contributed by atoms with Crippen LogP contribution in [0.4, 0.5) is 0 Å². The summed E-state index contributed by atoms with van der Waals surface area (Å²) in [5, 5.41) is 13.6. The number of methoxy groups -OCH3 is 1. The molecular formula is C22H19ClIN3O4. The van der Waals surface area contributed by atoms with E-state index in [0.29, 0.717) is 17.0 Å². The van der Waals surface area contributed by atoms with Crippen LogP contribution in [0.3, 0.4) is 0 Å². The quantitative estimate of drug-likeness (QED) is 0.261. The minimum Gasteiger partial charge on any atom is -0.496 e. The van der Waals surface area contributed by atoms with Gasteiger partial charge in [-0.3, -0.25) is 4.79 Å². The summed E-state index contributed by atoms with van der Waals surface area (Å²) in [7, 11) is 1.55. The highest BCUT2D eigenvalue weighted by atomic mass is 127. The molecule has 0 atom stereocenters. The summed E-state index contributed by atoms with van der Waals surface area (Å²) in [5.41, 5.74) is 6.15. The molecule has 1 heterocycles. The molecule has 2 N–H and O–H groups in total. The van der Waals surface area contributed by atoms with Gasteiger partial charge in [-0.05, 0) is 78.9 Å². The standard InChI is InChI=1S/C22H19ClIN3O4/c1-12-8-15(11-25-26-21(28)14-4-7-19(24)20(9-14)31-3)13(2)27(12)16-5-6-18(23)17(10-16)22(29)30/h4-11H,1-3H3,(H,26,28)(H,29,30)/b25-11+. The first-order valence-corrected chi connectivity index (χ1v) is 10.6. The Morgan fingerprint density at radius 1 is 1.19 bits per heavy atom. The van der Waals surface area contributed by atoms with Gasteiger partial charge in [0.25, 0.3) is 5.91 Å². The van der Waals surface area contributed by atoms with Crippen molar-refractivity contribution in [1.29, 1.82) is 0 Å². The summed E-state index contributed by atoms with van der Waals surface area (Å²) in [6.07, 6.45) is 1.55. The average molecular weight is 552 g/mol. The van der Waals surface area contributed by atoms with Crippen LogP contribution in [0.1, 0.15) is 37.7 Å². The Labute approximate surface area is 197 Å². The van der Waals surface area contributed by atoms with Crippen molar-refractivity contribution in [3.8, 4) is 11.4 Å². The molecule has 0 fully saturated rings. The number of carboxylic acid groups (broad SMARTS) is 1. The largest absolute Gasteiger partial charge is 0.496 e. The fourth-order valence-corrected chi connectivity index (χ4v) is 3.91. The Morgan fingerprint density at radius 3 is 2.61 bits per heavy atom. The highest BCUT2D eigenvalue weighted by Gasteiger charge is 2.14. The molecular weight excluding hydrogens is 533 g/mol. The number of hydrogen-bond acceptors (Lipinski definition) is 4. The zero-order valence-corrected chi connectivity index (χ0v) is 19.9. The number of amides is 1. The average Bonchev–Trinajstić information content (AvgIpc) is 3.01. The van der Waals surface area contributed by atoms with E-state index in [2.05, 4.69) is 33.1 Å². The first kappa shape index (κ1) is 22.8. The van der Waals surface area contributed by atoms with Crippen LogP contribution in [0.25, 0.3) is 5.69 Å². The first-order chi connectivity index (χ1) is 14.7.